The van der Waals surface area contributed by atoms with E-state index in [9.17, 15) is 13.6 Å². The fourth-order valence-corrected chi connectivity index (χ4v) is 4.00. The van der Waals surface area contributed by atoms with Gasteiger partial charge in [-0.1, -0.05) is 37.2 Å². The largest absolute Gasteiger partial charge is 0.356 e. The van der Waals surface area contributed by atoms with Crippen molar-refractivity contribution in [3.8, 4) is 11.3 Å². The van der Waals surface area contributed by atoms with E-state index in [1.807, 2.05) is 4.90 Å². The van der Waals surface area contributed by atoms with Gasteiger partial charge in [0, 0.05) is 30.3 Å². The Labute approximate surface area is 180 Å². The predicted octanol–water partition coefficient (Wildman–Crippen LogP) is 4.71. The Bertz CT molecular complexity index is 1050. The monoisotopic (exact) mass is 425 g/mol. The van der Waals surface area contributed by atoms with Crippen LogP contribution < -0.4 is 5.32 Å². The Morgan fingerprint density at radius 1 is 1.16 bits per heavy atom. The molecule has 5 nitrogen and oxygen atoms in total. The Morgan fingerprint density at radius 3 is 2.61 bits per heavy atom. The van der Waals surface area contributed by atoms with Gasteiger partial charge in [-0.3, -0.25) is 9.69 Å². The first-order chi connectivity index (χ1) is 14.9. The van der Waals surface area contributed by atoms with Crippen LogP contribution in [-0.2, 0) is 11.3 Å². The molecule has 1 saturated heterocycles. The number of aromatic nitrogens is 1. The average Bonchev–Trinajstić information content (AvgIpc) is 3.19. The molecule has 1 N–H and O–H groups in total. The molecule has 0 saturated carbocycles. The SMILES string of the molecule is CC(C)CC1C(=O)NC(c2ccccc2F)CN1Cc1cc(-c2ccc(F)cc2)on1. The van der Waals surface area contributed by atoms with E-state index >= 15 is 0 Å². The van der Waals surface area contributed by atoms with Gasteiger partial charge in [0.25, 0.3) is 0 Å². The Hall–Kier alpha value is -3.06. The first-order valence-electron chi connectivity index (χ1n) is 10.4. The highest BCUT2D eigenvalue weighted by atomic mass is 19.1. The second-order valence-electron chi connectivity index (χ2n) is 8.35. The van der Waals surface area contributed by atoms with Crippen molar-refractivity contribution in [2.24, 2.45) is 5.92 Å². The van der Waals surface area contributed by atoms with E-state index in [-0.39, 0.29) is 23.6 Å². The summed E-state index contributed by atoms with van der Waals surface area (Å²) >= 11 is 0. The van der Waals surface area contributed by atoms with E-state index in [0.29, 0.717) is 42.4 Å². The van der Waals surface area contributed by atoms with E-state index < -0.39 is 6.04 Å². The number of nitrogens with one attached hydrogen (secondary N) is 1. The van der Waals surface area contributed by atoms with E-state index in [4.69, 9.17) is 4.52 Å². The molecule has 0 spiro atoms. The van der Waals surface area contributed by atoms with Crippen molar-refractivity contribution in [1.82, 2.24) is 15.4 Å². The standard InChI is InChI=1S/C24H25F2N3O2/c1-15(2)11-22-24(30)27-21(19-5-3-4-6-20(19)26)14-29(22)13-18-12-23(31-28-18)16-7-9-17(25)10-8-16/h3-10,12,15,21-22H,11,13-14H2,1-2H3,(H,27,30). The maximum atomic E-state index is 14.4. The first kappa shape index (κ1) is 21.2. The lowest BCUT2D eigenvalue weighted by atomic mass is 9.95. The third-order valence-electron chi connectivity index (χ3n) is 5.51. The van der Waals surface area contributed by atoms with Crippen molar-refractivity contribution in [2.75, 3.05) is 6.54 Å². The summed E-state index contributed by atoms with van der Waals surface area (Å²) < 4.78 is 33.0. The van der Waals surface area contributed by atoms with Crippen LogP contribution in [0.25, 0.3) is 11.3 Å². The molecule has 1 aromatic heterocycles. The number of carbonyl (C=O) groups is 1. The number of halogens is 2. The van der Waals surface area contributed by atoms with Gasteiger partial charge in [0.2, 0.25) is 5.91 Å². The van der Waals surface area contributed by atoms with Gasteiger partial charge in [-0.05, 0) is 42.7 Å². The van der Waals surface area contributed by atoms with E-state index in [2.05, 4.69) is 24.3 Å². The number of benzene rings is 2. The molecular formula is C24H25F2N3O2. The highest BCUT2D eigenvalue weighted by Gasteiger charge is 2.36. The fourth-order valence-electron chi connectivity index (χ4n) is 4.00. The van der Waals surface area contributed by atoms with Crippen LogP contribution in [-0.4, -0.2) is 28.6 Å². The van der Waals surface area contributed by atoms with Gasteiger partial charge in [0.1, 0.15) is 11.6 Å². The highest BCUT2D eigenvalue weighted by molar-refractivity contribution is 5.83. The molecule has 1 amide bonds. The zero-order valence-electron chi connectivity index (χ0n) is 17.5. The molecule has 7 heteroatoms. The average molecular weight is 425 g/mol. The van der Waals surface area contributed by atoms with Crippen molar-refractivity contribution < 1.29 is 18.1 Å². The van der Waals surface area contributed by atoms with Crippen LogP contribution in [0.3, 0.4) is 0 Å². The third kappa shape index (κ3) is 4.82. The van der Waals surface area contributed by atoms with Crippen molar-refractivity contribution in [3.05, 3.63) is 77.5 Å². The van der Waals surface area contributed by atoms with Gasteiger partial charge in [0.05, 0.1) is 17.8 Å². The number of piperazine rings is 1. The molecule has 2 atom stereocenters. The summed E-state index contributed by atoms with van der Waals surface area (Å²) in [5.74, 6) is 0.0712. The molecule has 0 radical (unpaired) electrons. The summed E-state index contributed by atoms with van der Waals surface area (Å²) in [4.78, 5) is 15.0. The van der Waals surface area contributed by atoms with Crippen LogP contribution in [0.1, 0.15) is 37.6 Å². The topological polar surface area (TPSA) is 58.4 Å². The molecule has 2 aromatic carbocycles. The third-order valence-corrected chi connectivity index (χ3v) is 5.51. The summed E-state index contributed by atoms with van der Waals surface area (Å²) in [5, 5.41) is 7.13. The summed E-state index contributed by atoms with van der Waals surface area (Å²) in [7, 11) is 0. The lowest BCUT2D eigenvalue weighted by Gasteiger charge is -2.40. The van der Waals surface area contributed by atoms with E-state index in [1.165, 1.54) is 18.2 Å². The quantitative estimate of drug-likeness (QED) is 0.622. The summed E-state index contributed by atoms with van der Waals surface area (Å²) in [6, 6.07) is 13.5. The van der Waals surface area contributed by atoms with E-state index in [0.717, 1.165) is 5.56 Å². The van der Waals surface area contributed by atoms with Crippen molar-refractivity contribution in [2.45, 2.75) is 38.9 Å². The van der Waals surface area contributed by atoms with Crippen LogP contribution in [0.4, 0.5) is 8.78 Å². The first-order valence-corrected chi connectivity index (χ1v) is 10.4. The molecule has 3 aromatic rings. The zero-order valence-corrected chi connectivity index (χ0v) is 17.5. The minimum absolute atomic E-state index is 0.115. The normalized spacial score (nSPS) is 19.6. The summed E-state index contributed by atoms with van der Waals surface area (Å²) in [5.41, 5.74) is 1.85. The van der Waals surface area contributed by atoms with Gasteiger partial charge >= 0.3 is 0 Å². The predicted molar refractivity (Wildman–Crippen MR) is 113 cm³/mol. The van der Waals surface area contributed by atoms with Crippen LogP contribution >= 0.6 is 0 Å². The van der Waals surface area contributed by atoms with Gasteiger partial charge in [-0.2, -0.15) is 0 Å². The van der Waals surface area contributed by atoms with Gasteiger partial charge < -0.3 is 9.84 Å². The van der Waals surface area contributed by atoms with E-state index in [1.54, 1.807) is 36.4 Å². The van der Waals surface area contributed by atoms with Crippen LogP contribution in [0.2, 0.25) is 0 Å². The number of nitrogens with zero attached hydrogens (tertiary/aromatic N) is 2. The van der Waals surface area contributed by atoms with Crippen molar-refractivity contribution in [1.29, 1.82) is 0 Å². The minimum atomic E-state index is -0.444. The molecule has 162 valence electrons. The Balaban J connectivity index is 1.57. The highest BCUT2D eigenvalue weighted by Crippen LogP contribution is 2.28. The molecular weight excluding hydrogens is 400 g/mol. The summed E-state index contributed by atoms with van der Waals surface area (Å²) in [6.07, 6.45) is 0.679. The molecule has 0 aliphatic carbocycles. The van der Waals surface area contributed by atoms with Gasteiger partial charge in [-0.15, -0.1) is 0 Å². The van der Waals surface area contributed by atoms with Crippen molar-refractivity contribution >= 4 is 5.91 Å². The lowest BCUT2D eigenvalue weighted by Crippen LogP contribution is -2.56. The molecule has 0 bridgehead atoms. The number of hydrogen-bond donors (Lipinski definition) is 1. The Morgan fingerprint density at radius 2 is 1.90 bits per heavy atom. The maximum absolute atomic E-state index is 14.4. The van der Waals surface area contributed by atoms with Crippen LogP contribution in [0.5, 0.6) is 0 Å². The van der Waals surface area contributed by atoms with Crippen molar-refractivity contribution in [3.63, 3.8) is 0 Å². The Kier molecular flexibility index (Phi) is 6.13. The number of rotatable bonds is 6. The molecule has 1 aliphatic rings. The second kappa shape index (κ2) is 8.98. The smallest absolute Gasteiger partial charge is 0.237 e. The lowest BCUT2D eigenvalue weighted by molar-refractivity contribution is -0.132. The van der Waals surface area contributed by atoms with Gasteiger partial charge in [0.15, 0.2) is 5.76 Å². The second-order valence-corrected chi connectivity index (χ2v) is 8.35. The molecule has 4 rings (SSSR count). The molecule has 31 heavy (non-hydrogen) atoms. The molecule has 2 heterocycles. The van der Waals surface area contributed by atoms with Crippen LogP contribution in [0.15, 0.2) is 59.1 Å². The zero-order chi connectivity index (χ0) is 22.0. The minimum Gasteiger partial charge on any atom is -0.356 e. The molecule has 1 fully saturated rings. The maximum Gasteiger partial charge on any atom is 0.237 e. The number of carbonyl (C=O) groups excluding carboxylic acids is 1. The molecule has 1 aliphatic heterocycles. The number of amides is 1. The number of hydrogen-bond acceptors (Lipinski definition) is 4. The molecule has 2 unspecified atom stereocenters. The summed E-state index contributed by atoms with van der Waals surface area (Å²) in [6.45, 7) is 4.98. The van der Waals surface area contributed by atoms with Gasteiger partial charge in [-0.25, -0.2) is 8.78 Å². The fraction of sp³-hybridized carbons (Fsp3) is 0.333. The van der Waals surface area contributed by atoms with Crippen LogP contribution in [0, 0.1) is 17.6 Å².